The third-order valence-electron chi connectivity index (χ3n) is 3.09. The standard InChI is InChI=1S/C15H11ClFN3O2/c1-20(2)15(21)8-5-10(17)13(19-7-8)12-6-11-14(22-12)9(16)3-4-18-11/h3-7H,1-2H3. The summed E-state index contributed by atoms with van der Waals surface area (Å²) in [5.74, 6) is -0.771. The lowest BCUT2D eigenvalue weighted by Crippen LogP contribution is -2.22. The molecular weight excluding hydrogens is 309 g/mol. The smallest absolute Gasteiger partial charge is 0.255 e. The summed E-state index contributed by atoms with van der Waals surface area (Å²) in [4.78, 5) is 21.2. The molecule has 7 heteroatoms. The molecule has 0 bridgehead atoms. The van der Waals surface area contributed by atoms with Crippen LogP contribution in [0.5, 0.6) is 0 Å². The van der Waals surface area contributed by atoms with Crippen molar-refractivity contribution in [1.82, 2.24) is 14.9 Å². The lowest BCUT2D eigenvalue weighted by atomic mass is 10.2. The Kier molecular flexibility index (Phi) is 3.54. The van der Waals surface area contributed by atoms with Gasteiger partial charge in [-0.15, -0.1) is 0 Å². The number of halogens is 2. The monoisotopic (exact) mass is 319 g/mol. The lowest BCUT2D eigenvalue weighted by Gasteiger charge is -2.10. The number of fused-ring (bicyclic) bond motifs is 1. The predicted octanol–water partition coefficient (Wildman–Crippen LogP) is 3.38. The van der Waals surface area contributed by atoms with Crippen LogP contribution in [0, 0.1) is 5.82 Å². The van der Waals surface area contributed by atoms with Gasteiger partial charge in [0.1, 0.15) is 11.2 Å². The summed E-state index contributed by atoms with van der Waals surface area (Å²) in [6.45, 7) is 0. The van der Waals surface area contributed by atoms with Gasteiger partial charge in [-0.1, -0.05) is 11.6 Å². The molecular formula is C15H11ClFN3O2. The number of pyridine rings is 2. The number of hydrogen-bond donors (Lipinski definition) is 0. The molecule has 3 aromatic heterocycles. The van der Waals surface area contributed by atoms with E-state index in [9.17, 15) is 9.18 Å². The van der Waals surface area contributed by atoms with Crippen molar-refractivity contribution >= 4 is 28.6 Å². The molecule has 112 valence electrons. The number of nitrogens with zero attached hydrogens (tertiary/aromatic N) is 3. The van der Waals surface area contributed by atoms with Gasteiger partial charge < -0.3 is 9.32 Å². The largest absolute Gasteiger partial charge is 0.451 e. The maximum Gasteiger partial charge on any atom is 0.255 e. The van der Waals surface area contributed by atoms with Crippen molar-refractivity contribution in [3.63, 3.8) is 0 Å². The van der Waals surface area contributed by atoms with Crippen molar-refractivity contribution in [3.05, 3.63) is 47.0 Å². The number of carbonyl (C=O) groups excluding carboxylic acids is 1. The molecule has 22 heavy (non-hydrogen) atoms. The van der Waals surface area contributed by atoms with Gasteiger partial charge in [-0.05, 0) is 12.1 Å². The van der Waals surface area contributed by atoms with E-state index >= 15 is 0 Å². The first-order chi connectivity index (χ1) is 10.5. The normalized spacial score (nSPS) is 10.9. The van der Waals surface area contributed by atoms with Crippen LogP contribution in [-0.2, 0) is 0 Å². The molecule has 0 spiro atoms. The number of amides is 1. The van der Waals surface area contributed by atoms with Gasteiger partial charge in [0, 0.05) is 32.6 Å². The van der Waals surface area contributed by atoms with Crippen molar-refractivity contribution < 1.29 is 13.6 Å². The molecule has 0 saturated heterocycles. The van der Waals surface area contributed by atoms with E-state index in [1.54, 1.807) is 26.2 Å². The van der Waals surface area contributed by atoms with E-state index in [1.165, 1.54) is 17.3 Å². The molecule has 0 N–H and O–H groups in total. The third kappa shape index (κ3) is 2.42. The zero-order valence-corrected chi connectivity index (χ0v) is 12.6. The highest BCUT2D eigenvalue weighted by molar-refractivity contribution is 6.34. The summed E-state index contributed by atoms with van der Waals surface area (Å²) in [7, 11) is 3.17. The molecule has 5 nitrogen and oxygen atoms in total. The summed E-state index contributed by atoms with van der Waals surface area (Å²) in [5, 5.41) is 0.385. The Labute approximate surface area is 130 Å². The maximum atomic E-state index is 14.2. The summed E-state index contributed by atoms with van der Waals surface area (Å²) in [6, 6.07) is 4.27. The molecule has 1 amide bonds. The fraction of sp³-hybridized carbons (Fsp3) is 0.133. The number of furan rings is 1. The van der Waals surface area contributed by atoms with Crippen molar-refractivity contribution in [2.45, 2.75) is 0 Å². The lowest BCUT2D eigenvalue weighted by molar-refractivity contribution is 0.0826. The van der Waals surface area contributed by atoms with Crippen molar-refractivity contribution in [1.29, 1.82) is 0 Å². The molecule has 0 aliphatic heterocycles. The molecule has 0 aliphatic carbocycles. The molecule has 0 fully saturated rings. The van der Waals surface area contributed by atoms with Crippen LogP contribution < -0.4 is 0 Å². The molecule has 0 aromatic carbocycles. The molecule has 0 atom stereocenters. The first-order valence-electron chi connectivity index (χ1n) is 6.39. The fourth-order valence-electron chi connectivity index (χ4n) is 2.02. The van der Waals surface area contributed by atoms with Gasteiger partial charge in [-0.3, -0.25) is 9.78 Å². The van der Waals surface area contributed by atoms with Crippen molar-refractivity contribution in [2.75, 3.05) is 14.1 Å². The Hall–Kier alpha value is -2.47. The second-order valence-corrected chi connectivity index (χ2v) is 5.28. The topological polar surface area (TPSA) is 59.2 Å². The highest BCUT2D eigenvalue weighted by Crippen LogP contribution is 2.31. The quantitative estimate of drug-likeness (QED) is 0.726. The summed E-state index contributed by atoms with van der Waals surface area (Å²) < 4.78 is 19.8. The van der Waals surface area contributed by atoms with E-state index in [1.807, 2.05) is 0 Å². The van der Waals surface area contributed by atoms with Crippen LogP contribution in [0.4, 0.5) is 4.39 Å². The number of hydrogen-bond acceptors (Lipinski definition) is 4. The molecule has 0 saturated carbocycles. The Balaban J connectivity index is 2.07. The number of rotatable bonds is 2. The average Bonchev–Trinajstić information content (AvgIpc) is 2.91. The van der Waals surface area contributed by atoms with E-state index < -0.39 is 5.82 Å². The zero-order chi connectivity index (χ0) is 15.9. The highest BCUT2D eigenvalue weighted by atomic mass is 35.5. The van der Waals surface area contributed by atoms with Gasteiger partial charge in [0.05, 0.1) is 10.6 Å². The van der Waals surface area contributed by atoms with Crippen molar-refractivity contribution in [3.8, 4) is 11.5 Å². The van der Waals surface area contributed by atoms with E-state index in [0.717, 1.165) is 6.07 Å². The van der Waals surface area contributed by atoms with Gasteiger partial charge in [0.15, 0.2) is 17.2 Å². The molecule has 0 radical (unpaired) electrons. The third-order valence-corrected chi connectivity index (χ3v) is 3.39. The van der Waals surface area contributed by atoms with Crippen LogP contribution in [0.1, 0.15) is 10.4 Å². The summed E-state index contributed by atoms with van der Waals surface area (Å²) in [5.41, 5.74) is 1.05. The summed E-state index contributed by atoms with van der Waals surface area (Å²) in [6.07, 6.45) is 2.84. The van der Waals surface area contributed by atoms with E-state index in [0.29, 0.717) is 16.1 Å². The Morgan fingerprint density at radius 1 is 1.32 bits per heavy atom. The number of aromatic nitrogens is 2. The fourth-order valence-corrected chi connectivity index (χ4v) is 2.21. The Bertz CT molecular complexity index is 876. The van der Waals surface area contributed by atoms with Gasteiger partial charge in [-0.2, -0.15) is 0 Å². The van der Waals surface area contributed by atoms with E-state index in [2.05, 4.69) is 9.97 Å². The second-order valence-electron chi connectivity index (χ2n) is 4.87. The molecule has 0 aliphatic rings. The molecule has 3 heterocycles. The van der Waals surface area contributed by atoms with Gasteiger partial charge in [0.25, 0.3) is 5.91 Å². The van der Waals surface area contributed by atoms with Crippen LogP contribution >= 0.6 is 11.6 Å². The molecule has 3 rings (SSSR count). The van der Waals surface area contributed by atoms with E-state index in [-0.39, 0.29) is 22.9 Å². The second kappa shape index (κ2) is 5.38. The van der Waals surface area contributed by atoms with Gasteiger partial charge in [0.2, 0.25) is 0 Å². The highest BCUT2D eigenvalue weighted by Gasteiger charge is 2.17. The van der Waals surface area contributed by atoms with Crippen LogP contribution in [-0.4, -0.2) is 34.9 Å². The first kappa shape index (κ1) is 14.5. The summed E-state index contributed by atoms with van der Waals surface area (Å²) >= 11 is 6.00. The first-order valence-corrected chi connectivity index (χ1v) is 6.77. The van der Waals surface area contributed by atoms with Crippen LogP contribution in [0.2, 0.25) is 5.02 Å². The SMILES string of the molecule is CN(C)C(=O)c1cnc(-c2cc3nccc(Cl)c3o2)c(F)c1. The van der Waals surface area contributed by atoms with Gasteiger partial charge in [-0.25, -0.2) is 9.37 Å². The Morgan fingerprint density at radius 3 is 2.73 bits per heavy atom. The van der Waals surface area contributed by atoms with Crippen LogP contribution in [0.15, 0.2) is 35.0 Å². The minimum atomic E-state index is -0.650. The maximum absolute atomic E-state index is 14.2. The average molecular weight is 320 g/mol. The number of carbonyl (C=O) groups is 1. The minimum absolute atomic E-state index is 0.00405. The minimum Gasteiger partial charge on any atom is -0.451 e. The molecule has 3 aromatic rings. The van der Waals surface area contributed by atoms with Crippen LogP contribution in [0.3, 0.4) is 0 Å². The Morgan fingerprint density at radius 2 is 2.09 bits per heavy atom. The predicted molar refractivity (Wildman–Crippen MR) is 80.2 cm³/mol. The zero-order valence-electron chi connectivity index (χ0n) is 11.8. The van der Waals surface area contributed by atoms with Crippen molar-refractivity contribution in [2.24, 2.45) is 0 Å². The molecule has 0 unspecified atom stereocenters. The van der Waals surface area contributed by atoms with E-state index in [4.69, 9.17) is 16.0 Å². The van der Waals surface area contributed by atoms with Gasteiger partial charge >= 0.3 is 0 Å². The van der Waals surface area contributed by atoms with Crippen LogP contribution in [0.25, 0.3) is 22.6 Å².